The van der Waals surface area contributed by atoms with Crippen LogP contribution in [0.4, 0.5) is 0 Å². The molecular weight excluding hydrogens is 228 g/mol. The summed E-state index contributed by atoms with van der Waals surface area (Å²) >= 11 is 0. The van der Waals surface area contributed by atoms with Gasteiger partial charge in [0.2, 0.25) is 5.91 Å². The zero-order valence-electron chi connectivity index (χ0n) is 11.1. The number of carbonyl (C=O) groups is 1. The Labute approximate surface area is 109 Å². The molecule has 3 aliphatic heterocycles. The van der Waals surface area contributed by atoms with Crippen molar-refractivity contribution in [1.82, 2.24) is 20.0 Å². The number of hydrogen-bond donors (Lipinski definition) is 1. The van der Waals surface area contributed by atoms with Gasteiger partial charge in [0.1, 0.15) is 0 Å². The molecule has 5 nitrogen and oxygen atoms in total. The number of hydrogen-bond acceptors (Lipinski definition) is 4. The van der Waals surface area contributed by atoms with E-state index in [9.17, 15) is 4.79 Å². The van der Waals surface area contributed by atoms with E-state index in [0.29, 0.717) is 18.5 Å². The molecule has 0 atom stereocenters. The fourth-order valence-electron chi connectivity index (χ4n) is 3.21. The van der Waals surface area contributed by atoms with Crippen LogP contribution in [0, 0.1) is 0 Å². The number of amides is 1. The first-order valence-corrected chi connectivity index (χ1v) is 7.28. The molecule has 3 heterocycles. The van der Waals surface area contributed by atoms with Gasteiger partial charge in [0.25, 0.3) is 0 Å². The summed E-state index contributed by atoms with van der Waals surface area (Å²) in [6.45, 7) is 9.33. The van der Waals surface area contributed by atoms with Gasteiger partial charge in [-0.05, 0) is 12.8 Å². The summed E-state index contributed by atoms with van der Waals surface area (Å²) in [5.41, 5.74) is 0. The smallest absolute Gasteiger partial charge is 0.236 e. The topological polar surface area (TPSA) is 38.8 Å². The molecule has 0 aromatic carbocycles. The van der Waals surface area contributed by atoms with Crippen molar-refractivity contribution in [2.75, 3.05) is 58.9 Å². The highest BCUT2D eigenvalue weighted by Crippen LogP contribution is 2.16. The van der Waals surface area contributed by atoms with Crippen LogP contribution in [0.5, 0.6) is 0 Å². The van der Waals surface area contributed by atoms with Crippen LogP contribution in [0.3, 0.4) is 0 Å². The summed E-state index contributed by atoms with van der Waals surface area (Å²) < 4.78 is 0. The molecule has 0 saturated carbocycles. The standard InChI is InChI=1S/C13H24N4O/c18-13(17-5-1-2-6-17)11-15-9-12(10-15)16-7-3-14-4-8-16/h12,14H,1-11H2. The Morgan fingerprint density at radius 3 is 2.39 bits per heavy atom. The Kier molecular flexibility index (Phi) is 3.82. The third kappa shape index (κ3) is 2.68. The molecule has 3 fully saturated rings. The molecule has 1 N–H and O–H groups in total. The quantitative estimate of drug-likeness (QED) is 0.714. The summed E-state index contributed by atoms with van der Waals surface area (Å²) in [6, 6.07) is 0.693. The van der Waals surface area contributed by atoms with Crippen molar-refractivity contribution in [3.8, 4) is 0 Å². The van der Waals surface area contributed by atoms with Gasteiger partial charge >= 0.3 is 0 Å². The van der Waals surface area contributed by atoms with Crippen LogP contribution in [0.1, 0.15) is 12.8 Å². The van der Waals surface area contributed by atoms with Gasteiger partial charge in [-0.1, -0.05) is 0 Å². The van der Waals surface area contributed by atoms with E-state index in [2.05, 4.69) is 15.1 Å². The molecule has 0 radical (unpaired) electrons. The van der Waals surface area contributed by atoms with E-state index in [0.717, 1.165) is 39.3 Å². The Morgan fingerprint density at radius 2 is 1.72 bits per heavy atom. The first kappa shape index (κ1) is 12.4. The van der Waals surface area contributed by atoms with Crippen LogP contribution in [0.25, 0.3) is 0 Å². The zero-order valence-corrected chi connectivity index (χ0v) is 11.1. The maximum atomic E-state index is 12.0. The number of piperazine rings is 1. The second-order valence-electron chi connectivity index (χ2n) is 5.72. The molecule has 3 saturated heterocycles. The van der Waals surface area contributed by atoms with Gasteiger partial charge < -0.3 is 10.2 Å². The predicted molar refractivity (Wildman–Crippen MR) is 70.5 cm³/mol. The van der Waals surface area contributed by atoms with Crippen molar-refractivity contribution < 1.29 is 4.79 Å². The van der Waals surface area contributed by atoms with E-state index in [4.69, 9.17) is 0 Å². The number of rotatable bonds is 3. The molecule has 18 heavy (non-hydrogen) atoms. The molecule has 102 valence electrons. The third-order valence-electron chi connectivity index (χ3n) is 4.42. The highest BCUT2D eigenvalue weighted by atomic mass is 16.2. The minimum atomic E-state index is 0.339. The Morgan fingerprint density at radius 1 is 1.06 bits per heavy atom. The lowest BCUT2D eigenvalue weighted by molar-refractivity contribution is -0.133. The fraction of sp³-hybridized carbons (Fsp3) is 0.923. The van der Waals surface area contributed by atoms with Crippen molar-refractivity contribution in [2.45, 2.75) is 18.9 Å². The van der Waals surface area contributed by atoms with E-state index in [1.807, 2.05) is 4.90 Å². The van der Waals surface area contributed by atoms with E-state index < -0.39 is 0 Å². The van der Waals surface area contributed by atoms with Crippen molar-refractivity contribution in [2.24, 2.45) is 0 Å². The minimum Gasteiger partial charge on any atom is -0.342 e. The molecule has 5 heteroatoms. The maximum absolute atomic E-state index is 12.0. The van der Waals surface area contributed by atoms with Crippen molar-refractivity contribution in [1.29, 1.82) is 0 Å². The molecule has 0 aliphatic carbocycles. The number of likely N-dealkylation sites (tertiary alicyclic amines) is 2. The fourth-order valence-corrected chi connectivity index (χ4v) is 3.21. The predicted octanol–water partition coefficient (Wildman–Crippen LogP) is -0.802. The zero-order chi connectivity index (χ0) is 12.4. The molecule has 0 aromatic rings. The van der Waals surface area contributed by atoms with Gasteiger partial charge in [0, 0.05) is 58.4 Å². The highest BCUT2D eigenvalue weighted by Gasteiger charge is 2.34. The molecular formula is C13H24N4O. The largest absolute Gasteiger partial charge is 0.342 e. The van der Waals surface area contributed by atoms with Gasteiger partial charge in [0.15, 0.2) is 0 Å². The summed E-state index contributed by atoms with van der Waals surface area (Å²) in [5, 5.41) is 3.38. The van der Waals surface area contributed by atoms with Crippen LogP contribution in [0.2, 0.25) is 0 Å². The number of nitrogens with one attached hydrogen (secondary N) is 1. The lowest BCUT2D eigenvalue weighted by Gasteiger charge is -2.46. The average molecular weight is 252 g/mol. The lowest BCUT2D eigenvalue weighted by Crippen LogP contribution is -2.63. The normalized spacial score (nSPS) is 27.4. The Bertz CT molecular complexity index is 291. The number of carbonyl (C=O) groups excluding carboxylic acids is 1. The Balaban J connectivity index is 1.38. The van der Waals surface area contributed by atoms with Gasteiger partial charge in [-0.3, -0.25) is 14.6 Å². The summed E-state index contributed by atoms with van der Waals surface area (Å²) in [6.07, 6.45) is 2.38. The van der Waals surface area contributed by atoms with Gasteiger partial charge in [-0.25, -0.2) is 0 Å². The molecule has 0 aromatic heterocycles. The minimum absolute atomic E-state index is 0.339. The van der Waals surface area contributed by atoms with Crippen molar-refractivity contribution >= 4 is 5.91 Å². The molecule has 0 unspecified atom stereocenters. The van der Waals surface area contributed by atoms with E-state index in [1.54, 1.807) is 0 Å². The third-order valence-corrected chi connectivity index (χ3v) is 4.42. The van der Waals surface area contributed by atoms with E-state index in [-0.39, 0.29) is 0 Å². The molecule has 3 aliphatic rings. The SMILES string of the molecule is O=C(CN1CC(N2CCNCC2)C1)N1CCCC1. The highest BCUT2D eigenvalue weighted by molar-refractivity contribution is 5.78. The maximum Gasteiger partial charge on any atom is 0.236 e. The van der Waals surface area contributed by atoms with Crippen molar-refractivity contribution in [3.63, 3.8) is 0 Å². The second kappa shape index (κ2) is 5.55. The van der Waals surface area contributed by atoms with Crippen LogP contribution in [-0.4, -0.2) is 85.6 Å². The molecule has 0 spiro atoms. The van der Waals surface area contributed by atoms with Gasteiger partial charge in [0.05, 0.1) is 6.54 Å². The second-order valence-corrected chi connectivity index (χ2v) is 5.72. The first-order valence-electron chi connectivity index (χ1n) is 7.28. The Hall–Kier alpha value is -0.650. The molecule has 0 bridgehead atoms. The lowest BCUT2D eigenvalue weighted by atomic mass is 10.1. The summed E-state index contributed by atoms with van der Waals surface area (Å²) in [4.78, 5) is 18.9. The van der Waals surface area contributed by atoms with E-state index >= 15 is 0 Å². The molecule has 3 rings (SSSR count). The van der Waals surface area contributed by atoms with Crippen LogP contribution >= 0.6 is 0 Å². The van der Waals surface area contributed by atoms with Crippen LogP contribution in [0.15, 0.2) is 0 Å². The van der Waals surface area contributed by atoms with Gasteiger partial charge in [-0.15, -0.1) is 0 Å². The first-order chi connectivity index (χ1) is 8.83. The average Bonchev–Trinajstić information content (AvgIpc) is 2.88. The summed E-state index contributed by atoms with van der Waals surface area (Å²) in [7, 11) is 0. The van der Waals surface area contributed by atoms with Crippen LogP contribution in [-0.2, 0) is 4.79 Å². The van der Waals surface area contributed by atoms with Crippen LogP contribution < -0.4 is 5.32 Å². The van der Waals surface area contributed by atoms with Crippen molar-refractivity contribution in [3.05, 3.63) is 0 Å². The summed E-state index contributed by atoms with van der Waals surface area (Å²) in [5.74, 6) is 0.339. The van der Waals surface area contributed by atoms with E-state index in [1.165, 1.54) is 25.9 Å². The number of nitrogens with zero attached hydrogens (tertiary/aromatic N) is 3. The van der Waals surface area contributed by atoms with Gasteiger partial charge in [-0.2, -0.15) is 0 Å². The monoisotopic (exact) mass is 252 g/mol. The molecule has 1 amide bonds.